The third kappa shape index (κ3) is 3.75. The van der Waals surface area contributed by atoms with Gasteiger partial charge in [-0.1, -0.05) is 54.6 Å². The van der Waals surface area contributed by atoms with Crippen LogP contribution in [-0.2, 0) is 0 Å². The van der Waals surface area contributed by atoms with Crippen molar-refractivity contribution >= 4 is 43.9 Å². The summed E-state index contributed by atoms with van der Waals surface area (Å²) in [7, 11) is 0. The molecule has 0 aliphatic carbocycles. The molecule has 42 heavy (non-hydrogen) atoms. The molecule has 2 heterocycles. The highest BCUT2D eigenvalue weighted by molar-refractivity contribution is 6.13. The second kappa shape index (κ2) is 9.24. The Morgan fingerprint density at radius 3 is 1.74 bits per heavy atom. The van der Waals surface area contributed by atoms with Crippen molar-refractivity contribution in [2.24, 2.45) is 0 Å². The van der Waals surface area contributed by atoms with E-state index in [-0.39, 0.29) is 0 Å². The number of benzene rings is 6. The van der Waals surface area contributed by atoms with E-state index >= 15 is 0 Å². The molecule has 4 nitrogen and oxygen atoms in total. The summed E-state index contributed by atoms with van der Waals surface area (Å²) in [5.74, 6) is 0. The first-order chi connectivity index (χ1) is 20.7. The van der Waals surface area contributed by atoms with Crippen molar-refractivity contribution in [1.29, 1.82) is 10.5 Å². The summed E-state index contributed by atoms with van der Waals surface area (Å²) < 4.78 is 12.3. The van der Waals surface area contributed by atoms with Crippen LogP contribution >= 0.6 is 0 Å². The number of fused-ring (bicyclic) bond motifs is 6. The van der Waals surface area contributed by atoms with Crippen molar-refractivity contribution in [3.05, 3.63) is 132 Å². The van der Waals surface area contributed by atoms with Crippen molar-refractivity contribution in [2.75, 3.05) is 0 Å². The predicted octanol–water partition coefficient (Wildman–Crippen LogP) is 10.2. The predicted molar refractivity (Wildman–Crippen MR) is 167 cm³/mol. The molecule has 0 radical (unpaired) electrons. The summed E-state index contributed by atoms with van der Waals surface area (Å²) in [4.78, 5) is 0. The Balaban J connectivity index is 1.42. The molecule has 0 bridgehead atoms. The zero-order valence-corrected chi connectivity index (χ0v) is 22.3. The minimum atomic E-state index is 0.449. The van der Waals surface area contributed by atoms with Gasteiger partial charge in [-0.15, -0.1) is 0 Å². The van der Waals surface area contributed by atoms with E-state index in [4.69, 9.17) is 8.83 Å². The summed E-state index contributed by atoms with van der Waals surface area (Å²) in [6.07, 6.45) is 0. The third-order valence-electron chi connectivity index (χ3n) is 7.88. The largest absolute Gasteiger partial charge is 0.456 e. The molecule has 0 fully saturated rings. The van der Waals surface area contributed by atoms with Crippen LogP contribution in [0, 0.1) is 22.7 Å². The summed E-state index contributed by atoms with van der Waals surface area (Å²) in [5, 5.41) is 23.6. The number of rotatable bonds is 3. The van der Waals surface area contributed by atoms with Gasteiger partial charge in [0, 0.05) is 21.5 Å². The SMILES string of the molecule is N#Cc1cc(C#N)cc(-c2cc(-c3ccc4oc5ccccc5c4c3)cc(-c3cccc4oc5ccccc5c34)c2)c1. The maximum absolute atomic E-state index is 9.68. The lowest BCUT2D eigenvalue weighted by molar-refractivity contribution is 0.668. The standard InChI is InChI=1S/C38H20N2O2/c39-21-23-14-24(22-40)16-26(15-23)28-17-27(25-12-13-36-33(20-25)31-6-1-3-9-34(31)41-36)18-29(19-28)30-8-5-11-37-38(30)32-7-2-4-10-35(32)42-37/h1-20H. The van der Waals surface area contributed by atoms with Crippen LogP contribution < -0.4 is 0 Å². The van der Waals surface area contributed by atoms with Gasteiger partial charge in [0.2, 0.25) is 0 Å². The van der Waals surface area contributed by atoms with Crippen LogP contribution in [-0.4, -0.2) is 0 Å². The molecule has 194 valence electrons. The van der Waals surface area contributed by atoms with E-state index in [0.717, 1.165) is 77.3 Å². The number of nitrogens with zero attached hydrogens (tertiary/aromatic N) is 2. The number of para-hydroxylation sites is 2. The van der Waals surface area contributed by atoms with Gasteiger partial charge in [0.15, 0.2) is 0 Å². The van der Waals surface area contributed by atoms with E-state index in [2.05, 4.69) is 60.7 Å². The van der Waals surface area contributed by atoms with Gasteiger partial charge >= 0.3 is 0 Å². The number of nitriles is 2. The first-order valence-corrected chi connectivity index (χ1v) is 13.6. The molecule has 2 aromatic heterocycles. The summed E-state index contributed by atoms with van der Waals surface area (Å²) in [6.45, 7) is 0. The Morgan fingerprint density at radius 1 is 0.405 bits per heavy atom. The summed E-state index contributed by atoms with van der Waals surface area (Å²) in [6, 6.07) is 44.7. The molecule has 0 aliphatic heterocycles. The average Bonchev–Trinajstić information content (AvgIpc) is 3.62. The van der Waals surface area contributed by atoms with Crippen LogP contribution in [0.2, 0.25) is 0 Å². The Kier molecular flexibility index (Phi) is 5.22. The fraction of sp³-hybridized carbons (Fsp3) is 0. The average molecular weight is 537 g/mol. The second-order valence-corrected chi connectivity index (χ2v) is 10.4. The molecule has 4 heteroatoms. The van der Waals surface area contributed by atoms with Gasteiger partial charge in [0.25, 0.3) is 0 Å². The quantitative estimate of drug-likeness (QED) is 0.225. The van der Waals surface area contributed by atoms with Crippen LogP contribution in [0.1, 0.15) is 11.1 Å². The van der Waals surface area contributed by atoms with Gasteiger partial charge in [-0.05, 0) is 100 Å². The Bertz CT molecular complexity index is 2410. The van der Waals surface area contributed by atoms with E-state index in [1.54, 1.807) is 6.07 Å². The molecule has 8 rings (SSSR count). The van der Waals surface area contributed by atoms with Crippen molar-refractivity contribution in [3.8, 4) is 45.5 Å². The highest BCUT2D eigenvalue weighted by atomic mass is 16.3. The molecule has 0 spiro atoms. The van der Waals surface area contributed by atoms with E-state index in [1.807, 2.05) is 66.7 Å². The number of hydrogen-bond donors (Lipinski definition) is 0. The number of hydrogen-bond acceptors (Lipinski definition) is 4. The second-order valence-electron chi connectivity index (χ2n) is 10.4. The lowest BCUT2D eigenvalue weighted by Crippen LogP contribution is -1.89. The van der Waals surface area contributed by atoms with Crippen LogP contribution in [0.5, 0.6) is 0 Å². The zero-order valence-electron chi connectivity index (χ0n) is 22.3. The minimum Gasteiger partial charge on any atom is -0.456 e. The monoisotopic (exact) mass is 536 g/mol. The van der Waals surface area contributed by atoms with E-state index in [1.165, 1.54) is 0 Å². The molecule has 0 unspecified atom stereocenters. The van der Waals surface area contributed by atoms with Gasteiger partial charge in [-0.2, -0.15) is 10.5 Å². The first kappa shape index (κ1) is 23.8. The third-order valence-corrected chi connectivity index (χ3v) is 7.88. The van der Waals surface area contributed by atoms with Crippen molar-refractivity contribution in [2.45, 2.75) is 0 Å². The Hall–Kier alpha value is -6.10. The van der Waals surface area contributed by atoms with Crippen LogP contribution in [0.25, 0.3) is 77.3 Å². The van der Waals surface area contributed by atoms with Crippen molar-refractivity contribution in [1.82, 2.24) is 0 Å². The van der Waals surface area contributed by atoms with E-state index in [0.29, 0.717) is 11.1 Å². The number of furan rings is 2. The molecular formula is C38H20N2O2. The molecule has 0 saturated heterocycles. The fourth-order valence-corrected chi connectivity index (χ4v) is 5.96. The fourth-order valence-electron chi connectivity index (χ4n) is 5.96. The van der Waals surface area contributed by atoms with E-state index in [9.17, 15) is 10.5 Å². The van der Waals surface area contributed by atoms with E-state index < -0.39 is 0 Å². The Morgan fingerprint density at radius 2 is 0.976 bits per heavy atom. The lowest BCUT2D eigenvalue weighted by Gasteiger charge is -2.13. The molecule has 8 aromatic rings. The normalized spacial score (nSPS) is 11.3. The first-order valence-electron chi connectivity index (χ1n) is 13.6. The summed E-state index contributed by atoms with van der Waals surface area (Å²) >= 11 is 0. The highest BCUT2D eigenvalue weighted by Crippen LogP contribution is 2.41. The summed E-state index contributed by atoms with van der Waals surface area (Å²) in [5.41, 5.74) is 10.1. The molecule has 0 N–H and O–H groups in total. The minimum absolute atomic E-state index is 0.449. The van der Waals surface area contributed by atoms with Gasteiger partial charge in [0.1, 0.15) is 22.3 Å². The maximum Gasteiger partial charge on any atom is 0.136 e. The molecule has 6 aromatic carbocycles. The zero-order chi connectivity index (χ0) is 28.2. The molecule has 0 atom stereocenters. The Labute approximate surface area is 240 Å². The molecule has 0 saturated carbocycles. The van der Waals surface area contributed by atoms with Crippen molar-refractivity contribution in [3.63, 3.8) is 0 Å². The van der Waals surface area contributed by atoms with Gasteiger partial charge in [-0.3, -0.25) is 0 Å². The lowest BCUT2D eigenvalue weighted by atomic mass is 9.90. The van der Waals surface area contributed by atoms with Crippen LogP contribution in [0.4, 0.5) is 0 Å². The topological polar surface area (TPSA) is 73.9 Å². The smallest absolute Gasteiger partial charge is 0.136 e. The van der Waals surface area contributed by atoms with Gasteiger partial charge in [-0.25, -0.2) is 0 Å². The molecule has 0 amide bonds. The van der Waals surface area contributed by atoms with Gasteiger partial charge in [0.05, 0.1) is 23.3 Å². The molecule has 0 aliphatic rings. The van der Waals surface area contributed by atoms with Crippen LogP contribution in [0.15, 0.2) is 130 Å². The van der Waals surface area contributed by atoms with Crippen LogP contribution in [0.3, 0.4) is 0 Å². The van der Waals surface area contributed by atoms with Crippen molar-refractivity contribution < 1.29 is 8.83 Å². The highest BCUT2D eigenvalue weighted by Gasteiger charge is 2.16. The molecular weight excluding hydrogens is 516 g/mol. The van der Waals surface area contributed by atoms with Gasteiger partial charge < -0.3 is 8.83 Å². The maximum atomic E-state index is 9.68.